The first kappa shape index (κ1) is 14.7. The van der Waals surface area contributed by atoms with E-state index in [1.54, 1.807) is 12.1 Å². The number of nitrogens with zero attached hydrogens (tertiary/aromatic N) is 1. The number of nitrogens with two attached hydrogens (primary N) is 1. The number of oxime groups is 1. The van der Waals surface area contributed by atoms with E-state index in [4.69, 9.17) is 22.5 Å². The Hall–Kier alpha value is -1.31. The van der Waals surface area contributed by atoms with E-state index in [1.165, 1.54) is 26.0 Å². The van der Waals surface area contributed by atoms with Crippen LogP contribution >= 0.6 is 11.6 Å². The molecule has 0 aliphatic heterocycles. The van der Waals surface area contributed by atoms with E-state index >= 15 is 0 Å². The first-order valence-electron chi connectivity index (χ1n) is 4.97. The molecule has 6 nitrogen and oxygen atoms in total. The molecule has 0 radical (unpaired) electrons. The molecule has 0 heterocycles. The number of hydrogen-bond donors (Lipinski definition) is 3. The summed E-state index contributed by atoms with van der Waals surface area (Å²) in [6.07, 6.45) is 0. The van der Waals surface area contributed by atoms with Gasteiger partial charge in [0.05, 0.1) is 10.6 Å². The monoisotopic (exact) mass is 291 g/mol. The number of amidine groups is 1. The molecule has 0 saturated heterocycles. The Balaban J connectivity index is 3.15. The zero-order chi connectivity index (χ0) is 14.0. The fourth-order valence-electron chi connectivity index (χ4n) is 1.23. The molecule has 0 unspecified atom stereocenters. The lowest BCUT2D eigenvalue weighted by molar-refractivity contribution is 0.312. The standard InChI is InChI=1S/C10H14ClN3O3S/c1-10(2,9(12)13-15)14-18(16,17)8-6-4-3-5-7(8)11/h3-6,14-15H,1-2H3,(H2,12,13). The molecular weight excluding hydrogens is 278 g/mol. The van der Waals surface area contributed by atoms with Gasteiger partial charge in [-0.05, 0) is 26.0 Å². The van der Waals surface area contributed by atoms with Crippen molar-refractivity contribution in [3.63, 3.8) is 0 Å². The van der Waals surface area contributed by atoms with Crippen LogP contribution in [0.25, 0.3) is 0 Å². The molecule has 0 aromatic heterocycles. The van der Waals surface area contributed by atoms with Gasteiger partial charge in [-0.15, -0.1) is 0 Å². The van der Waals surface area contributed by atoms with Crippen LogP contribution in [0.15, 0.2) is 34.3 Å². The fraction of sp³-hybridized carbons (Fsp3) is 0.300. The van der Waals surface area contributed by atoms with E-state index in [0.717, 1.165) is 0 Å². The minimum atomic E-state index is -3.86. The van der Waals surface area contributed by atoms with Crippen molar-refractivity contribution in [3.8, 4) is 0 Å². The van der Waals surface area contributed by atoms with Gasteiger partial charge in [0.1, 0.15) is 4.90 Å². The predicted octanol–water partition coefficient (Wildman–Crippen LogP) is 1.14. The maximum absolute atomic E-state index is 12.1. The third-order valence-corrected chi connectivity index (χ3v) is 4.42. The Morgan fingerprint density at radius 3 is 2.50 bits per heavy atom. The molecule has 0 amide bonds. The lowest BCUT2D eigenvalue weighted by atomic mass is 10.1. The Labute approximate surface area is 110 Å². The topological polar surface area (TPSA) is 105 Å². The summed E-state index contributed by atoms with van der Waals surface area (Å²) in [5, 5.41) is 11.5. The van der Waals surface area contributed by atoms with Crippen LogP contribution in [0.1, 0.15) is 13.8 Å². The van der Waals surface area contributed by atoms with Gasteiger partial charge >= 0.3 is 0 Å². The Morgan fingerprint density at radius 1 is 1.44 bits per heavy atom. The number of nitrogens with one attached hydrogen (secondary N) is 1. The van der Waals surface area contributed by atoms with Gasteiger partial charge in [0, 0.05) is 0 Å². The van der Waals surface area contributed by atoms with Crippen LogP contribution in [0.3, 0.4) is 0 Å². The Morgan fingerprint density at radius 2 is 2.00 bits per heavy atom. The van der Waals surface area contributed by atoms with E-state index in [2.05, 4.69) is 9.88 Å². The quantitative estimate of drug-likeness (QED) is 0.335. The van der Waals surface area contributed by atoms with Crippen LogP contribution < -0.4 is 10.5 Å². The second-order valence-electron chi connectivity index (χ2n) is 4.15. The second kappa shape index (κ2) is 5.13. The molecule has 0 bridgehead atoms. The normalized spacial score (nSPS) is 13.6. The predicted molar refractivity (Wildman–Crippen MR) is 69.3 cm³/mol. The van der Waals surface area contributed by atoms with Crippen molar-refractivity contribution < 1.29 is 13.6 Å². The van der Waals surface area contributed by atoms with E-state index in [0.29, 0.717) is 0 Å². The average Bonchev–Trinajstić information content (AvgIpc) is 2.26. The zero-order valence-electron chi connectivity index (χ0n) is 9.88. The van der Waals surface area contributed by atoms with Crippen molar-refractivity contribution in [1.29, 1.82) is 0 Å². The number of rotatable bonds is 4. The lowest BCUT2D eigenvalue weighted by Crippen LogP contribution is -2.53. The first-order chi connectivity index (χ1) is 8.20. The summed E-state index contributed by atoms with van der Waals surface area (Å²) in [7, 11) is -3.86. The van der Waals surface area contributed by atoms with E-state index in [9.17, 15) is 8.42 Å². The summed E-state index contributed by atoms with van der Waals surface area (Å²) in [5.41, 5.74) is 4.18. The Bertz CT molecular complexity index is 569. The molecule has 0 spiro atoms. The Kier molecular flexibility index (Phi) is 4.20. The van der Waals surface area contributed by atoms with Gasteiger partial charge in [0.25, 0.3) is 0 Å². The molecule has 0 fully saturated rings. The van der Waals surface area contributed by atoms with Gasteiger partial charge in [-0.1, -0.05) is 28.9 Å². The average molecular weight is 292 g/mol. The summed E-state index contributed by atoms with van der Waals surface area (Å²) in [4.78, 5) is -0.0644. The molecule has 8 heteroatoms. The molecule has 4 N–H and O–H groups in total. The summed E-state index contributed by atoms with van der Waals surface area (Å²) in [5.74, 6) is -0.252. The van der Waals surface area contributed by atoms with Gasteiger partial charge in [-0.25, -0.2) is 8.42 Å². The van der Waals surface area contributed by atoms with Crippen LogP contribution in [-0.2, 0) is 10.0 Å². The number of sulfonamides is 1. The third-order valence-electron chi connectivity index (χ3n) is 2.26. The molecule has 100 valence electrons. The molecular formula is C10H14ClN3O3S. The minimum absolute atomic E-state index is 0.0644. The highest BCUT2D eigenvalue weighted by Crippen LogP contribution is 2.21. The summed E-state index contributed by atoms with van der Waals surface area (Å²) in [6, 6.07) is 6.01. The lowest BCUT2D eigenvalue weighted by Gasteiger charge is -2.24. The second-order valence-corrected chi connectivity index (χ2v) is 6.20. The fourth-order valence-corrected chi connectivity index (χ4v) is 3.14. The molecule has 0 aliphatic carbocycles. The van der Waals surface area contributed by atoms with Crippen LogP contribution in [0, 0.1) is 0 Å². The van der Waals surface area contributed by atoms with Crippen molar-refractivity contribution in [3.05, 3.63) is 29.3 Å². The SMILES string of the molecule is CC(C)(NS(=O)(=O)c1ccccc1Cl)/C(N)=N/O. The van der Waals surface area contributed by atoms with Gasteiger partial charge in [-0.2, -0.15) is 4.72 Å². The van der Waals surface area contributed by atoms with Crippen LogP contribution in [-0.4, -0.2) is 25.0 Å². The molecule has 18 heavy (non-hydrogen) atoms. The highest BCUT2D eigenvalue weighted by molar-refractivity contribution is 7.89. The van der Waals surface area contributed by atoms with E-state index < -0.39 is 15.6 Å². The molecule has 1 aromatic carbocycles. The summed E-state index contributed by atoms with van der Waals surface area (Å²) >= 11 is 5.82. The van der Waals surface area contributed by atoms with Gasteiger partial charge in [0.2, 0.25) is 10.0 Å². The molecule has 1 aromatic rings. The molecule has 1 rings (SSSR count). The van der Waals surface area contributed by atoms with Crippen molar-refractivity contribution in [2.45, 2.75) is 24.3 Å². The van der Waals surface area contributed by atoms with E-state index in [-0.39, 0.29) is 15.8 Å². The smallest absolute Gasteiger partial charge is 0.242 e. The van der Waals surface area contributed by atoms with Gasteiger partial charge in [0.15, 0.2) is 5.84 Å². The van der Waals surface area contributed by atoms with Crippen LogP contribution in [0.5, 0.6) is 0 Å². The molecule has 0 saturated carbocycles. The third kappa shape index (κ3) is 3.12. The number of benzene rings is 1. The van der Waals surface area contributed by atoms with Crippen LogP contribution in [0.4, 0.5) is 0 Å². The van der Waals surface area contributed by atoms with Crippen molar-refractivity contribution in [2.24, 2.45) is 10.9 Å². The van der Waals surface area contributed by atoms with Crippen molar-refractivity contribution >= 4 is 27.5 Å². The van der Waals surface area contributed by atoms with E-state index in [1.807, 2.05) is 0 Å². The van der Waals surface area contributed by atoms with Crippen molar-refractivity contribution in [2.75, 3.05) is 0 Å². The highest BCUT2D eigenvalue weighted by Gasteiger charge is 2.31. The maximum Gasteiger partial charge on any atom is 0.242 e. The molecule has 0 atom stereocenters. The first-order valence-corrected chi connectivity index (χ1v) is 6.83. The summed E-state index contributed by atoms with van der Waals surface area (Å²) in [6.45, 7) is 2.94. The zero-order valence-corrected chi connectivity index (χ0v) is 11.5. The summed E-state index contributed by atoms with van der Waals surface area (Å²) < 4.78 is 26.5. The maximum atomic E-state index is 12.1. The number of halogens is 1. The minimum Gasteiger partial charge on any atom is -0.409 e. The van der Waals surface area contributed by atoms with Crippen LogP contribution in [0.2, 0.25) is 5.02 Å². The molecule has 0 aliphatic rings. The highest BCUT2D eigenvalue weighted by atomic mass is 35.5. The number of hydrogen-bond acceptors (Lipinski definition) is 4. The largest absolute Gasteiger partial charge is 0.409 e. The van der Waals surface area contributed by atoms with Gasteiger partial charge < -0.3 is 10.9 Å². The van der Waals surface area contributed by atoms with Gasteiger partial charge in [-0.3, -0.25) is 0 Å². The van der Waals surface area contributed by atoms with Crippen molar-refractivity contribution in [1.82, 2.24) is 4.72 Å².